The average molecular weight is 864 g/mol. The summed E-state index contributed by atoms with van der Waals surface area (Å²) in [5.74, 6) is 1.77. The van der Waals surface area contributed by atoms with Crippen LogP contribution in [0.4, 0.5) is 17.1 Å². The molecule has 4 aliphatic heterocycles. The highest BCUT2D eigenvalue weighted by molar-refractivity contribution is 8.01. The van der Waals surface area contributed by atoms with Crippen LogP contribution in [0.25, 0.3) is 0 Å². The molecule has 4 heterocycles. The average Bonchev–Trinajstić information content (AvgIpc) is 3.75. The van der Waals surface area contributed by atoms with E-state index in [9.17, 15) is 14.4 Å². The molecular formula is C53H57N3O6S. The number of ether oxygens (including phenoxy) is 3. The van der Waals surface area contributed by atoms with Crippen LogP contribution in [0, 0.1) is 6.92 Å². The zero-order valence-electron chi connectivity index (χ0n) is 37.2. The molecule has 3 amide bonds. The van der Waals surface area contributed by atoms with Gasteiger partial charge in [-0.1, -0.05) is 64.1 Å². The SMILES string of the molecule is COc1cc2c(cc1OCc1cc(COc3cc4c(cc3C)C(=O)N3c5ccccc5C[C@H]3CC4)cc(NC(=O)CCC(C)(C)SC(C)C)c1)CC[C@@H]1Cc3ccccc3N1C2=O. The fraction of sp³-hybridized carbons (Fsp3) is 0.377. The molecule has 1 N–H and O–H groups in total. The topological polar surface area (TPSA) is 97.4 Å². The van der Waals surface area contributed by atoms with Gasteiger partial charge in [-0.05, 0) is 151 Å². The fourth-order valence-electron chi connectivity index (χ4n) is 10.1. The van der Waals surface area contributed by atoms with Gasteiger partial charge in [-0.2, -0.15) is 11.8 Å². The molecule has 2 atom stereocenters. The number of rotatable bonds is 13. The summed E-state index contributed by atoms with van der Waals surface area (Å²) in [5.41, 5.74) is 11.0. The summed E-state index contributed by atoms with van der Waals surface area (Å²) in [7, 11) is 1.60. The lowest BCUT2D eigenvalue weighted by atomic mass is 9.98. The Hall–Kier alpha value is -5.74. The Morgan fingerprint density at radius 3 is 1.84 bits per heavy atom. The van der Waals surface area contributed by atoms with Crippen LogP contribution in [0.15, 0.2) is 91.0 Å². The summed E-state index contributed by atoms with van der Waals surface area (Å²) < 4.78 is 18.9. The van der Waals surface area contributed by atoms with Crippen molar-refractivity contribution in [2.75, 3.05) is 22.2 Å². The van der Waals surface area contributed by atoms with Crippen LogP contribution >= 0.6 is 11.8 Å². The number of nitrogens with one attached hydrogen (secondary N) is 1. The van der Waals surface area contributed by atoms with Crippen molar-refractivity contribution in [2.24, 2.45) is 0 Å². The fourth-order valence-corrected chi connectivity index (χ4v) is 11.6. The van der Waals surface area contributed by atoms with Gasteiger partial charge >= 0.3 is 0 Å². The van der Waals surface area contributed by atoms with Gasteiger partial charge in [-0.25, -0.2) is 0 Å². The maximum absolute atomic E-state index is 14.1. The van der Waals surface area contributed by atoms with Gasteiger partial charge in [0.25, 0.3) is 11.8 Å². The van der Waals surface area contributed by atoms with E-state index in [4.69, 9.17) is 14.2 Å². The Balaban J connectivity index is 0.953. The predicted molar refractivity (Wildman–Crippen MR) is 252 cm³/mol. The van der Waals surface area contributed by atoms with Crippen LogP contribution in [0.1, 0.15) is 113 Å². The first-order valence-electron chi connectivity index (χ1n) is 22.4. The Morgan fingerprint density at radius 2 is 1.27 bits per heavy atom. The Bertz CT molecular complexity index is 2600. The van der Waals surface area contributed by atoms with E-state index in [2.05, 4.69) is 51.2 Å². The number of nitrogens with zero attached hydrogens (tertiary/aromatic N) is 2. The first kappa shape index (κ1) is 42.6. The Labute approximate surface area is 375 Å². The lowest BCUT2D eigenvalue weighted by Gasteiger charge is -2.26. The third-order valence-corrected chi connectivity index (χ3v) is 14.3. The van der Waals surface area contributed by atoms with Gasteiger partial charge in [-0.3, -0.25) is 14.4 Å². The van der Waals surface area contributed by atoms with Crippen LogP contribution in [-0.2, 0) is 43.7 Å². The number of aryl methyl sites for hydroxylation is 3. The number of methoxy groups -OCH3 is 1. The highest BCUT2D eigenvalue weighted by Gasteiger charge is 2.39. The molecule has 9 rings (SSSR count). The molecule has 10 heteroatoms. The molecule has 5 aromatic rings. The van der Waals surface area contributed by atoms with E-state index in [-0.39, 0.29) is 47.8 Å². The maximum Gasteiger partial charge on any atom is 0.258 e. The van der Waals surface area contributed by atoms with E-state index in [1.165, 1.54) is 11.1 Å². The molecule has 326 valence electrons. The van der Waals surface area contributed by atoms with Gasteiger partial charge < -0.3 is 29.3 Å². The number of fused-ring (bicyclic) bond motifs is 8. The summed E-state index contributed by atoms with van der Waals surface area (Å²) >= 11 is 1.88. The smallest absolute Gasteiger partial charge is 0.258 e. The van der Waals surface area contributed by atoms with Crippen molar-refractivity contribution >= 4 is 46.5 Å². The lowest BCUT2D eigenvalue weighted by molar-refractivity contribution is -0.116. The number of thioether (sulfide) groups is 1. The minimum absolute atomic E-state index is 0.0102. The van der Waals surface area contributed by atoms with Gasteiger partial charge in [0.1, 0.15) is 19.0 Å². The van der Waals surface area contributed by atoms with Crippen molar-refractivity contribution in [3.8, 4) is 17.2 Å². The summed E-state index contributed by atoms with van der Waals surface area (Å²) in [4.78, 5) is 45.5. The minimum Gasteiger partial charge on any atom is -0.493 e. The van der Waals surface area contributed by atoms with E-state index in [0.717, 1.165) is 95.5 Å². The quantitative estimate of drug-likeness (QED) is 0.126. The predicted octanol–water partition coefficient (Wildman–Crippen LogP) is 10.8. The van der Waals surface area contributed by atoms with Crippen LogP contribution in [-0.4, -0.2) is 46.9 Å². The van der Waals surface area contributed by atoms with E-state index in [1.807, 2.05) is 101 Å². The summed E-state index contributed by atoms with van der Waals surface area (Å²) in [6.45, 7) is 11.2. The van der Waals surface area contributed by atoms with Crippen LogP contribution in [0.5, 0.6) is 17.2 Å². The molecular weight excluding hydrogens is 807 g/mol. The minimum atomic E-state index is -0.0491. The standard InChI is InChI=1S/C53H57N3O6S/c1-32(2)63-53(4,5)20-19-50(57)54-40-23-34(30-61-47-27-36-15-17-41-25-38-11-7-9-13-45(38)55(41)51(58)43(36)21-33(47)3)22-35(24-40)31-62-49-28-37-16-18-42-26-39-12-8-10-14-46(39)56(42)52(59)44(37)29-48(49)60-6/h7-14,21-24,27-29,32,41-42H,15-20,25-26,30-31H2,1-6H3,(H,54,57)/t41-,42-/m1/s1. The molecule has 0 fully saturated rings. The van der Waals surface area contributed by atoms with Gasteiger partial charge in [0.2, 0.25) is 5.91 Å². The van der Waals surface area contributed by atoms with Crippen molar-refractivity contribution in [1.82, 2.24) is 0 Å². The van der Waals surface area contributed by atoms with Gasteiger partial charge in [0, 0.05) is 51.4 Å². The molecule has 9 nitrogen and oxygen atoms in total. The molecule has 0 spiro atoms. The van der Waals surface area contributed by atoms with E-state index >= 15 is 0 Å². The van der Waals surface area contributed by atoms with Gasteiger partial charge in [0.15, 0.2) is 11.5 Å². The van der Waals surface area contributed by atoms with Crippen molar-refractivity contribution in [3.05, 3.63) is 141 Å². The molecule has 63 heavy (non-hydrogen) atoms. The molecule has 4 aliphatic rings. The van der Waals surface area contributed by atoms with E-state index in [0.29, 0.717) is 34.4 Å². The zero-order valence-corrected chi connectivity index (χ0v) is 38.0. The number of carbonyl (C=O) groups excluding carboxylic acids is 3. The third kappa shape index (κ3) is 8.79. The molecule has 0 aliphatic carbocycles. The summed E-state index contributed by atoms with van der Waals surface area (Å²) in [6, 6.07) is 30.4. The first-order valence-corrected chi connectivity index (χ1v) is 23.3. The second kappa shape index (κ2) is 17.4. The number of benzene rings is 5. The first-order chi connectivity index (χ1) is 30.3. The number of amides is 3. The normalized spacial score (nSPS) is 17.5. The van der Waals surface area contributed by atoms with E-state index in [1.54, 1.807) is 7.11 Å². The molecule has 5 aromatic carbocycles. The van der Waals surface area contributed by atoms with Gasteiger partial charge in [-0.15, -0.1) is 0 Å². The summed E-state index contributed by atoms with van der Waals surface area (Å²) in [5, 5.41) is 3.64. The van der Waals surface area contributed by atoms with Crippen molar-refractivity contribution in [2.45, 2.75) is 121 Å². The largest absolute Gasteiger partial charge is 0.493 e. The monoisotopic (exact) mass is 863 g/mol. The molecule has 0 saturated heterocycles. The molecule has 0 aromatic heterocycles. The molecule has 0 bridgehead atoms. The highest BCUT2D eigenvalue weighted by atomic mass is 32.2. The number of anilines is 3. The van der Waals surface area contributed by atoms with Gasteiger partial charge in [0.05, 0.1) is 7.11 Å². The Kier molecular flexibility index (Phi) is 11.8. The molecule has 0 unspecified atom stereocenters. The summed E-state index contributed by atoms with van der Waals surface area (Å²) in [6.07, 6.45) is 6.13. The zero-order chi connectivity index (χ0) is 44.0. The third-order valence-electron chi connectivity index (χ3n) is 13.0. The molecule has 0 radical (unpaired) electrons. The van der Waals surface area contributed by atoms with Crippen LogP contribution in [0.3, 0.4) is 0 Å². The lowest BCUT2D eigenvalue weighted by Crippen LogP contribution is -2.36. The van der Waals surface area contributed by atoms with Crippen molar-refractivity contribution in [1.29, 1.82) is 0 Å². The van der Waals surface area contributed by atoms with Crippen LogP contribution in [0.2, 0.25) is 0 Å². The van der Waals surface area contributed by atoms with E-state index < -0.39 is 0 Å². The number of para-hydroxylation sites is 2. The maximum atomic E-state index is 14.1. The number of hydrogen-bond donors (Lipinski definition) is 1. The second-order valence-electron chi connectivity index (χ2n) is 18.4. The van der Waals surface area contributed by atoms with Crippen LogP contribution < -0.4 is 29.3 Å². The number of hydrogen-bond acceptors (Lipinski definition) is 7. The Morgan fingerprint density at radius 1 is 0.730 bits per heavy atom. The van der Waals surface area contributed by atoms with Crippen molar-refractivity contribution in [3.63, 3.8) is 0 Å². The molecule has 0 saturated carbocycles. The highest BCUT2D eigenvalue weighted by Crippen LogP contribution is 2.42. The second-order valence-corrected chi connectivity index (χ2v) is 20.7. The van der Waals surface area contributed by atoms with Crippen molar-refractivity contribution < 1.29 is 28.6 Å². The number of carbonyl (C=O) groups is 3.